The van der Waals surface area contributed by atoms with Crippen molar-refractivity contribution in [2.75, 3.05) is 13.2 Å². The van der Waals surface area contributed by atoms with Crippen molar-refractivity contribution in [1.82, 2.24) is 19.8 Å². The average molecular weight is 447 g/mol. The molecule has 2 aromatic heterocycles. The van der Waals surface area contributed by atoms with Crippen molar-refractivity contribution in [2.24, 2.45) is 0 Å². The van der Waals surface area contributed by atoms with Crippen molar-refractivity contribution in [3.63, 3.8) is 0 Å². The Morgan fingerprint density at radius 2 is 2.00 bits per heavy atom. The number of nitrogens with zero attached hydrogens (tertiary/aromatic N) is 3. The molecule has 5 nitrogen and oxygen atoms in total. The van der Waals surface area contributed by atoms with Crippen LogP contribution in [0, 0.1) is 20.8 Å². The molecule has 0 aliphatic carbocycles. The van der Waals surface area contributed by atoms with Crippen molar-refractivity contribution in [2.45, 2.75) is 51.8 Å². The molecule has 0 bridgehead atoms. The third kappa shape index (κ3) is 3.82. The van der Waals surface area contributed by atoms with Gasteiger partial charge < -0.3 is 19.5 Å². The molecule has 4 heterocycles. The van der Waals surface area contributed by atoms with E-state index in [1.54, 1.807) is 0 Å². The fourth-order valence-electron chi connectivity index (χ4n) is 5.20. The highest BCUT2D eigenvalue weighted by Crippen LogP contribution is 2.42. The molecule has 2 aliphatic rings. The van der Waals surface area contributed by atoms with Gasteiger partial charge in [-0.25, -0.2) is 0 Å². The molecule has 6 heteroatoms. The minimum absolute atomic E-state index is 0.00318. The highest BCUT2D eigenvalue weighted by molar-refractivity contribution is 7.80. The van der Waals surface area contributed by atoms with Gasteiger partial charge in [-0.1, -0.05) is 18.2 Å². The summed E-state index contributed by atoms with van der Waals surface area (Å²) in [4.78, 5) is 7.01. The Bertz CT molecular complexity index is 1120. The van der Waals surface area contributed by atoms with Gasteiger partial charge in [0.15, 0.2) is 5.11 Å². The van der Waals surface area contributed by atoms with Crippen LogP contribution in [0.5, 0.6) is 0 Å². The number of pyridine rings is 1. The molecule has 3 unspecified atom stereocenters. The molecule has 0 saturated carbocycles. The number of ether oxygens (including phenoxy) is 1. The Hall–Kier alpha value is -2.70. The molecule has 0 amide bonds. The molecule has 0 radical (unpaired) electrons. The van der Waals surface area contributed by atoms with E-state index in [1.165, 1.54) is 28.2 Å². The van der Waals surface area contributed by atoms with Crippen molar-refractivity contribution < 1.29 is 4.74 Å². The van der Waals surface area contributed by atoms with Gasteiger partial charge in [0, 0.05) is 36.4 Å². The summed E-state index contributed by atoms with van der Waals surface area (Å²) in [7, 11) is 0. The van der Waals surface area contributed by atoms with Crippen molar-refractivity contribution >= 4 is 17.3 Å². The molecule has 0 spiro atoms. The maximum atomic E-state index is 5.98. The summed E-state index contributed by atoms with van der Waals surface area (Å²) in [6.45, 7) is 8.17. The minimum Gasteiger partial charge on any atom is -0.376 e. The monoisotopic (exact) mass is 446 g/mol. The lowest BCUT2D eigenvalue weighted by Crippen LogP contribution is -2.36. The molecule has 3 atom stereocenters. The van der Waals surface area contributed by atoms with E-state index in [4.69, 9.17) is 17.0 Å². The third-order valence-corrected chi connectivity index (χ3v) is 7.02. The predicted octanol–water partition coefficient (Wildman–Crippen LogP) is 4.95. The molecule has 166 valence electrons. The van der Waals surface area contributed by atoms with Crippen molar-refractivity contribution in [3.05, 3.63) is 82.9 Å². The number of aromatic nitrogens is 2. The Morgan fingerprint density at radius 3 is 2.72 bits per heavy atom. The maximum Gasteiger partial charge on any atom is 0.170 e. The normalized spacial score (nSPS) is 23.0. The van der Waals surface area contributed by atoms with Crippen LogP contribution in [-0.2, 0) is 4.74 Å². The smallest absolute Gasteiger partial charge is 0.170 e. The number of aryl methyl sites for hydroxylation is 2. The van der Waals surface area contributed by atoms with Gasteiger partial charge in [-0.2, -0.15) is 0 Å². The zero-order valence-corrected chi connectivity index (χ0v) is 19.7. The first-order chi connectivity index (χ1) is 15.5. The average Bonchev–Trinajstić information content (AvgIpc) is 3.48. The third-order valence-electron chi connectivity index (χ3n) is 6.67. The standard InChI is InChI=1S/C26H30N4OS/c1-17-8-6-9-20(14-17)30-18(2)15-22(19(30)3)25-24(23-11-4-5-12-27-23)28-26(32)29(25)16-21-10-7-13-31-21/h4-6,8-9,11-12,14-15,21,24-25H,7,10,13,16H2,1-3H3,(H,28,32). The quantitative estimate of drug-likeness (QED) is 0.562. The number of hydrogen-bond donors (Lipinski definition) is 1. The zero-order valence-electron chi connectivity index (χ0n) is 18.9. The largest absolute Gasteiger partial charge is 0.376 e. The SMILES string of the molecule is Cc1cccc(-n2c(C)cc(C3C(c4ccccn4)NC(=S)N3CC3CCCO3)c2C)c1. The molecule has 2 aliphatic heterocycles. The summed E-state index contributed by atoms with van der Waals surface area (Å²) >= 11 is 5.85. The topological polar surface area (TPSA) is 42.3 Å². The maximum absolute atomic E-state index is 5.98. The van der Waals surface area contributed by atoms with E-state index in [-0.39, 0.29) is 18.2 Å². The van der Waals surface area contributed by atoms with E-state index in [0.29, 0.717) is 0 Å². The lowest BCUT2D eigenvalue weighted by Gasteiger charge is -2.30. The minimum atomic E-state index is -0.00318. The van der Waals surface area contributed by atoms with Crippen LogP contribution in [0.25, 0.3) is 5.69 Å². The van der Waals surface area contributed by atoms with E-state index in [1.807, 2.05) is 18.3 Å². The first-order valence-electron chi connectivity index (χ1n) is 11.4. The van der Waals surface area contributed by atoms with Gasteiger partial charge in [0.25, 0.3) is 0 Å². The molecule has 2 saturated heterocycles. The zero-order chi connectivity index (χ0) is 22.2. The fourth-order valence-corrected chi connectivity index (χ4v) is 5.51. The Labute approximate surface area is 195 Å². The van der Waals surface area contributed by atoms with E-state index in [0.717, 1.165) is 36.8 Å². The Balaban J connectivity index is 1.59. The fraction of sp³-hybridized carbons (Fsp3) is 0.385. The number of hydrogen-bond acceptors (Lipinski definition) is 3. The van der Waals surface area contributed by atoms with Crippen molar-refractivity contribution in [3.8, 4) is 5.69 Å². The second-order valence-corrected chi connectivity index (χ2v) is 9.30. The first-order valence-corrected chi connectivity index (χ1v) is 11.8. The van der Waals surface area contributed by atoms with Crippen LogP contribution < -0.4 is 5.32 Å². The second-order valence-electron chi connectivity index (χ2n) is 8.91. The van der Waals surface area contributed by atoms with Crippen LogP contribution in [0.4, 0.5) is 0 Å². The van der Waals surface area contributed by atoms with E-state index < -0.39 is 0 Å². The Kier molecular flexibility index (Phi) is 5.74. The van der Waals surface area contributed by atoms with Crippen LogP contribution in [0.3, 0.4) is 0 Å². The van der Waals surface area contributed by atoms with Crippen LogP contribution >= 0.6 is 12.2 Å². The Morgan fingerprint density at radius 1 is 1.12 bits per heavy atom. The van der Waals surface area contributed by atoms with Gasteiger partial charge in [0.2, 0.25) is 0 Å². The summed E-state index contributed by atoms with van der Waals surface area (Å²) in [5, 5.41) is 4.36. The second kappa shape index (κ2) is 8.68. The summed E-state index contributed by atoms with van der Waals surface area (Å²) in [5.74, 6) is 0. The molecular weight excluding hydrogens is 416 g/mol. The number of rotatable bonds is 5. The summed E-state index contributed by atoms with van der Waals surface area (Å²) < 4.78 is 8.33. The van der Waals surface area contributed by atoms with Gasteiger partial charge >= 0.3 is 0 Å². The van der Waals surface area contributed by atoms with Gasteiger partial charge in [-0.05, 0) is 87.3 Å². The summed E-state index contributed by atoms with van der Waals surface area (Å²) in [6, 6.07) is 17.1. The molecule has 1 N–H and O–H groups in total. The molecule has 32 heavy (non-hydrogen) atoms. The van der Waals surface area contributed by atoms with E-state index >= 15 is 0 Å². The summed E-state index contributed by atoms with van der Waals surface area (Å²) in [5.41, 5.74) is 7.20. The van der Waals surface area contributed by atoms with Crippen molar-refractivity contribution in [1.29, 1.82) is 0 Å². The lowest BCUT2D eigenvalue weighted by atomic mass is 9.96. The highest BCUT2D eigenvalue weighted by Gasteiger charge is 2.42. The molecule has 1 aromatic carbocycles. The van der Waals surface area contributed by atoms with Crippen LogP contribution in [-0.4, -0.2) is 38.8 Å². The first kappa shape index (κ1) is 21.2. The molecule has 5 rings (SSSR count). The number of nitrogens with one attached hydrogen (secondary N) is 1. The predicted molar refractivity (Wildman–Crippen MR) is 131 cm³/mol. The number of benzene rings is 1. The van der Waals surface area contributed by atoms with Gasteiger partial charge in [0.05, 0.1) is 23.9 Å². The lowest BCUT2D eigenvalue weighted by molar-refractivity contribution is 0.0842. The molecule has 2 fully saturated rings. The van der Waals surface area contributed by atoms with Crippen LogP contribution in [0.2, 0.25) is 0 Å². The van der Waals surface area contributed by atoms with Gasteiger partial charge in [-0.3, -0.25) is 4.98 Å². The molecular formula is C26H30N4OS. The van der Waals surface area contributed by atoms with Crippen LogP contribution in [0.1, 0.15) is 53.1 Å². The number of thiocarbonyl (C=S) groups is 1. The van der Waals surface area contributed by atoms with Gasteiger partial charge in [-0.15, -0.1) is 0 Å². The van der Waals surface area contributed by atoms with E-state index in [9.17, 15) is 0 Å². The van der Waals surface area contributed by atoms with E-state index in [2.05, 4.69) is 76.9 Å². The van der Waals surface area contributed by atoms with Crippen LogP contribution in [0.15, 0.2) is 54.7 Å². The van der Waals surface area contributed by atoms with Gasteiger partial charge in [0.1, 0.15) is 0 Å². The molecule has 3 aromatic rings. The summed E-state index contributed by atoms with van der Waals surface area (Å²) in [6.07, 6.45) is 4.28. The highest BCUT2D eigenvalue weighted by atomic mass is 32.1.